The lowest BCUT2D eigenvalue weighted by Gasteiger charge is -2.02. The van der Waals surface area contributed by atoms with Crippen molar-refractivity contribution in [2.45, 2.75) is 57.8 Å². The molecule has 0 aromatic heterocycles. The summed E-state index contributed by atoms with van der Waals surface area (Å²) in [7, 11) is 0. The Morgan fingerprint density at radius 2 is 1.25 bits per heavy atom. The second kappa shape index (κ2) is 7.33. The molecule has 0 atom stereocenters. The maximum Gasteiger partial charge on any atom is 0.0385 e. The van der Waals surface area contributed by atoms with Gasteiger partial charge in [0.25, 0.3) is 0 Å². The monoisotopic (exact) mass is 167 g/mol. The third-order valence-electron chi connectivity index (χ3n) is 2.50. The van der Waals surface area contributed by atoms with Gasteiger partial charge in [-0.2, -0.15) is 0 Å². The number of nitrogens with zero attached hydrogens (tertiary/aromatic N) is 1. The molecule has 1 heterocycles. The SMILES string of the molecule is C1=N\CCCCCCCCCC/1. The minimum atomic E-state index is 1.07. The average molecular weight is 167 g/mol. The fourth-order valence-electron chi connectivity index (χ4n) is 1.68. The lowest BCUT2D eigenvalue weighted by molar-refractivity contribution is 0.570. The van der Waals surface area contributed by atoms with Crippen molar-refractivity contribution < 1.29 is 0 Å². The summed E-state index contributed by atoms with van der Waals surface area (Å²) < 4.78 is 0. The van der Waals surface area contributed by atoms with E-state index in [-0.39, 0.29) is 0 Å². The fraction of sp³-hybridized carbons (Fsp3) is 0.909. The van der Waals surface area contributed by atoms with Crippen molar-refractivity contribution in [3.05, 3.63) is 0 Å². The van der Waals surface area contributed by atoms with Gasteiger partial charge in [0, 0.05) is 6.54 Å². The molecule has 0 aliphatic carbocycles. The summed E-state index contributed by atoms with van der Waals surface area (Å²) in [5, 5.41) is 0. The zero-order valence-electron chi connectivity index (χ0n) is 8.10. The lowest BCUT2D eigenvalue weighted by atomic mass is 10.1. The van der Waals surface area contributed by atoms with Crippen LogP contribution in [0.15, 0.2) is 4.99 Å². The van der Waals surface area contributed by atoms with Crippen LogP contribution in [-0.2, 0) is 0 Å². The lowest BCUT2D eigenvalue weighted by Crippen LogP contribution is -1.88. The Morgan fingerprint density at radius 1 is 0.667 bits per heavy atom. The van der Waals surface area contributed by atoms with Gasteiger partial charge in [-0.3, -0.25) is 4.99 Å². The summed E-state index contributed by atoms with van der Waals surface area (Å²) >= 11 is 0. The van der Waals surface area contributed by atoms with Gasteiger partial charge in [0.1, 0.15) is 0 Å². The molecule has 0 aromatic carbocycles. The van der Waals surface area contributed by atoms with Crippen molar-refractivity contribution in [3.8, 4) is 0 Å². The smallest absolute Gasteiger partial charge is 0.0385 e. The first kappa shape index (κ1) is 9.76. The average Bonchev–Trinajstić information content (AvgIpc) is 2.05. The van der Waals surface area contributed by atoms with Gasteiger partial charge >= 0.3 is 0 Å². The van der Waals surface area contributed by atoms with Gasteiger partial charge in [-0.15, -0.1) is 0 Å². The highest BCUT2D eigenvalue weighted by Crippen LogP contribution is 2.10. The Hall–Kier alpha value is -0.330. The second-order valence-electron chi connectivity index (χ2n) is 3.71. The summed E-state index contributed by atoms with van der Waals surface area (Å²) in [6, 6.07) is 0. The van der Waals surface area contributed by atoms with Crippen LogP contribution in [0.1, 0.15) is 57.8 Å². The summed E-state index contributed by atoms with van der Waals surface area (Å²) in [5.41, 5.74) is 0. The standard InChI is InChI=1S/C11H21N/c1-2-4-6-8-10-12-11-9-7-5-3-1/h10H,1-9,11H2/b12-10-. The maximum absolute atomic E-state index is 4.38. The van der Waals surface area contributed by atoms with E-state index in [1.807, 2.05) is 0 Å². The highest BCUT2D eigenvalue weighted by molar-refractivity contribution is 5.56. The molecule has 0 amide bonds. The molecule has 1 aliphatic rings. The maximum atomic E-state index is 4.38. The summed E-state index contributed by atoms with van der Waals surface area (Å²) in [4.78, 5) is 4.38. The predicted molar refractivity (Wildman–Crippen MR) is 54.9 cm³/mol. The molecule has 1 aliphatic heterocycles. The Kier molecular flexibility index (Phi) is 5.96. The van der Waals surface area contributed by atoms with Crippen molar-refractivity contribution in [3.63, 3.8) is 0 Å². The molecule has 0 N–H and O–H groups in total. The molecule has 1 nitrogen and oxygen atoms in total. The Morgan fingerprint density at radius 3 is 2.00 bits per heavy atom. The van der Waals surface area contributed by atoms with Gasteiger partial charge in [-0.05, 0) is 25.5 Å². The number of aliphatic imine (C=N–C) groups is 1. The van der Waals surface area contributed by atoms with Crippen molar-refractivity contribution in [1.82, 2.24) is 0 Å². The molecule has 0 saturated heterocycles. The second-order valence-corrected chi connectivity index (χ2v) is 3.71. The van der Waals surface area contributed by atoms with E-state index in [9.17, 15) is 0 Å². The summed E-state index contributed by atoms with van der Waals surface area (Å²) in [6.45, 7) is 1.07. The van der Waals surface area contributed by atoms with Gasteiger partial charge in [-0.25, -0.2) is 0 Å². The van der Waals surface area contributed by atoms with Crippen LogP contribution in [0.2, 0.25) is 0 Å². The predicted octanol–water partition coefficient (Wildman–Crippen LogP) is 3.58. The first-order valence-electron chi connectivity index (χ1n) is 5.48. The van der Waals surface area contributed by atoms with Gasteiger partial charge in [0.2, 0.25) is 0 Å². The van der Waals surface area contributed by atoms with E-state index >= 15 is 0 Å². The minimum Gasteiger partial charge on any atom is -0.298 e. The third-order valence-corrected chi connectivity index (χ3v) is 2.50. The van der Waals surface area contributed by atoms with Crippen LogP contribution < -0.4 is 0 Å². The molecular formula is C11H21N. The first-order chi connectivity index (χ1) is 6.00. The van der Waals surface area contributed by atoms with Crippen LogP contribution in [0.5, 0.6) is 0 Å². The normalized spacial score (nSPS) is 25.3. The Labute approximate surface area is 76.3 Å². The van der Waals surface area contributed by atoms with Crippen molar-refractivity contribution in [1.29, 1.82) is 0 Å². The zero-order valence-corrected chi connectivity index (χ0v) is 8.10. The topological polar surface area (TPSA) is 12.4 Å². The molecule has 70 valence electrons. The van der Waals surface area contributed by atoms with Crippen molar-refractivity contribution in [2.24, 2.45) is 4.99 Å². The largest absolute Gasteiger partial charge is 0.298 e. The van der Waals surface area contributed by atoms with Gasteiger partial charge in [0.05, 0.1) is 0 Å². The van der Waals surface area contributed by atoms with E-state index in [1.54, 1.807) is 0 Å². The molecule has 0 unspecified atom stereocenters. The van der Waals surface area contributed by atoms with Gasteiger partial charge in [-0.1, -0.05) is 38.5 Å². The van der Waals surface area contributed by atoms with Crippen LogP contribution in [-0.4, -0.2) is 12.8 Å². The molecule has 12 heavy (non-hydrogen) atoms. The number of hydrogen-bond acceptors (Lipinski definition) is 1. The van der Waals surface area contributed by atoms with Crippen LogP contribution in [0.25, 0.3) is 0 Å². The third kappa shape index (κ3) is 5.34. The molecule has 0 spiro atoms. The molecule has 0 bridgehead atoms. The molecule has 1 heteroatoms. The van der Waals surface area contributed by atoms with Gasteiger partial charge < -0.3 is 0 Å². The number of hydrogen-bond donors (Lipinski definition) is 0. The van der Waals surface area contributed by atoms with Gasteiger partial charge in [0.15, 0.2) is 0 Å². The molecule has 0 fully saturated rings. The fourth-order valence-corrected chi connectivity index (χ4v) is 1.68. The molecule has 1 rings (SSSR count). The van der Waals surface area contributed by atoms with E-state index in [4.69, 9.17) is 0 Å². The van der Waals surface area contributed by atoms with E-state index in [0.29, 0.717) is 0 Å². The van der Waals surface area contributed by atoms with E-state index in [2.05, 4.69) is 11.2 Å². The Bertz CT molecular complexity index is 104. The van der Waals surface area contributed by atoms with Crippen LogP contribution in [0, 0.1) is 0 Å². The first-order valence-corrected chi connectivity index (χ1v) is 5.48. The molecule has 0 saturated carbocycles. The summed E-state index contributed by atoms with van der Waals surface area (Å²) in [5.74, 6) is 0. The summed E-state index contributed by atoms with van der Waals surface area (Å²) in [6.07, 6.45) is 14.6. The van der Waals surface area contributed by atoms with Crippen LogP contribution >= 0.6 is 0 Å². The van der Waals surface area contributed by atoms with Crippen molar-refractivity contribution >= 4 is 6.21 Å². The number of rotatable bonds is 0. The highest BCUT2D eigenvalue weighted by atomic mass is 14.7. The van der Waals surface area contributed by atoms with E-state index in [0.717, 1.165) is 6.54 Å². The van der Waals surface area contributed by atoms with Crippen LogP contribution in [0.4, 0.5) is 0 Å². The molecule has 0 aromatic rings. The zero-order chi connectivity index (χ0) is 8.49. The quantitative estimate of drug-likeness (QED) is 0.523. The minimum absolute atomic E-state index is 1.07. The Balaban J connectivity index is 2.10. The van der Waals surface area contributed by atoms with Crippen molar-refractivity contribution in [2.75, 3.05) is 6.54 Å². The van der Waals surface area contributed by atoms with E-state index < -0.39 is 0 Å². The molecule has 0 radical (unpaired) electrons. The van der Waals surface area contributed by atoms with Crippen LogP contribution in [0.3, 0.4) is 0 Å². The highest BCUT2D eigenvalue weighted by Gasteiger charge is 1.93. The van der Waals surface area contributed by atoms with E-state index in [1.165, 1.54) is 57.8 Å². The molecular weight excluding hydrogens is 146 g/mol.